The lowest BCUT2D eigenvalue weighted by Crippen LogP contribution is -2.54. The fourth-order valence-electron chi connectivity index (χ4n) is 3.68. The summed E-state index contributed by atoms with van der Waals surface area (Å²) >= 11 is 0. The average Bonchev–Trinajstić information content (AvgIpc) is 2.72. The summed E-state index contributed by atoms with van der Waals surface area (Å²) in [6.45, 7) is -1.38. The minimum atomic E-state index is -4.56. The first kappa shape index (κ1) is 22.7. The molecule has 9 heteroatoms. The van der Waals surface area contributed by atoms with Gasteiger partial charge in [0.2, 0.25) is 11.8 Å². The van der Waals surface area contributed by atoms with Crippen molar-refractivity contribution in [1.82, 2.24) is 10.2 Å². The molecule has 3 N–H and O–H groups in total. The van der Waals surface area contributed by atoms with Gasteiger partial charge < -0.3 is 16.0 Å². The van der Waals surface area contributed by atoms with Crippen molar-refractivity contribution in [3.8, 4) is 0 Å². The molecule has 31 heavy (non-hydrogen) atoms. The molecule has 5 nitrogen and oxygen atoms in total. The van der Waals surface area contributed by atoms with Gasteiger partial charge in [-0.2, -0.15) is 13.2 Å². The number of halogens is 4. The monoisotopic (exact) mass is 437 g/mol. The Hall–Kier alpha value is -2.94. The lowest BCUT2D eigenvalue weighted by atomic mass is 9.92. The topological polar surface area (TPSA) is 75.4 Å². The molecule has 2 atom stereocenters. The largest absolute Gasteiger partial charge is 0.405 e. The molecule has 1 aliphatic rings. The smallest absolute Gasteiger partial charge is 0.345 e. The van der Waals surface area contributed by atoms with Crippen LogP contribution in [0.3, 0.4) is 0 Å². The number of carbonyl (C=O) groups excluding carboxylic acids is 2. The maximum absolute atomic E-state index is 13.9. The fourth-order valence-corrected chi connectivity index (χ4v) is 3.68. The second-order valence-corrected chi connectivity index (χ2v) is 7.60. The predicted octanol–water partition coefficient (Wildman–Crippen LogP) is 2.72. The molecule has 3 rings (SSSR count). The minimum absolute atomic E-state index is 0.0888. The van der Waals surface area contributed by atoms with Crippen molar-refractivity contribution in [3.05, 3.63) is 71.0 Å². The molecule has 0 fully saturated rings. The van der Waals surface area contributed by atoms with Gasteiger partial charge in [0, 0.05) is 25.4 Å². The Labute approximate surface area is 177 Å². The van der Waals surface area contributed by atoms with Crippen LogP contribution < -0.4 is 11.1 Å². The van der Waals surface area contributed by atoms with Gasteiger partial charge in [-0.25, -0.2) is 4.39 Å². The maximum atomic E-state index is 13.9. The van der Waals surface area contributed by atoms with E-state index in [1.807, 2.05) is 5.32 Å². The van der Waals surface area contributed by atoms with Crippen LogP contribution >= 0.6 is 0 Å². The summed E-state index contributed by atoms with van der Waals surface area (Å²) in [5.41, 5.74) is 8.04. The van der Waals surface area contributed by atoms with Crippen LogP contribution in [0.1, 0.15) is 23.1 Å². The van der Waals surface area contributed by atoms with Gasteiger partial charge in [0.1, 0.15) is 18.4 Å². The molecule has 0 aliphatic carbocycles. The Morgan fingerprint density at radius 1 is 1.10 bits per heavy atom. The number of hydrogen-bond donors (Lipinski definition) is 2. The van der Waals surface area contributed by atoms with Gasteiger partial charge in [-0.05, 0) is 29.2 Å². The number of rotatable bonds is 6. The Morgan fingerprint density at radius 2 is 1.74 bits per heavy atom. The third kappa shape index (κ3) is 6.04. The highest BCUT2D eigenvalue weighted by Gasteiger charge is 2.37. The van der Waals surface area contributed by atoms with E-state index >= 15 is 0 Å². The molecule has 1 aliphatic heterocycles. The van der Waals surface area contributed by atoms with E-state index in [0.717, 1.165) is 11.1 Å². The molecule has 0 aromatic heterocycles. The molecule has 0 radical (unpaired) electrons. The number of nitrogens with two attached hydrogens (primary N) is 1. The zero-order chi connectivity index (χ0) is 22.6. The van der Waals surface area contributed by atoms with Gasteiger partial charge >= 0.3 is 6.18 Å². The van der Waals surface area contributed by atoms with Crippen LogP contribution in [0.4, 0.5) is 17.6 Å². The third-order valence-corrected chi connectivity index (χ3v) is 5.21. The van der Waals surface area contributed by atoms with Gasteiger partial charge in [0.25, 0.3) is 0 Å². The Morgan fingerprint density at radius 3 is 2.42 bits per heavy atom. The third-order valence-electron chi connectivity index (χ3n) is 5.21. The lowest BCUT2D eigenvalue weighted by molar-refractivity contribution is -0.147. The number of benzene rings is 2. The van der Waals surface area contributed by atoms with E-state index in [9.17, 15) is 27.2 Å². The number of nitrogens with zero attached hydrogens (tertiary/aromatic N) is 1. The summed E-state index contributed by atoms with van der Waals surface area (Å²) in [7, 11) is 0. The van der Waals surface area contributed by atoms with Crippen molar-refractivity contribution in [3.63, 3.8) is 0 Å². The zero-order valence-electron chi connectivity index (χ0n) is 16.7. The Bertz CT molecular complexity index is 948. The van der Waals surface area contributed by atoms with Crippen LogP contribution in [0.25, 0.3) is 0 Å². The van der Waals surface area contributed by atoms with Crippen molar-refractivity contribution in [1.29, 1.82) is 0 Å². The number of hydrogen-bond acceptors (Lipinski definition) is 3. The molecule has 0 saturated carbocycles. The van der Waals surface area contributed by atoms with Crippen LogP contribution in [-0.4, -0.2) is 41.5 Å². The molecule has 2 aromatic rings. The quantitative estimate of drug-likeness (QED) is 0.683. The molecule has 2 amide bonds. The SMILES string of the molecule is N[C@@H](CC(=O)N1Cc2ccccc2C[C@H]1C(=O)NCC(F)(F)F)Cc1ccccc1F. The second kappa shape index (κ2) is 9.47. The number of fused-ring (bicyclic) bond motifs is 1. The summed E-state index contributed by atoms with van der Waals surface area (Å²) < 4.78 is 51.5. The average molecular weight is 437 g/mol. The fraction of sp³-hybridized carbons (Fsp3) is 0.364. The molecule has 0 spiro atoms. The highest BCUT2D eigenvalue weighted by atomic mass is 19.4. The van der Waals surface area contributed by atoms with Crippen molar-refractivity contribution in [2.45, 2.75) is 44.1 Å². The van der Waals surface area contributed by atoms with Crippen LogP contribution in [-0.2, 0) is 29.0 Å². The maximum Gasteiger partial charge on any atom is 0.405 e. The number of alkyl halides is 3. The van der Waals surface area contributed by atoms with E-state index in [2.05, 4.69) is 0 Å². The van der Waals surface area contributed by atoms with Gasteiger partial charge in [-0.1, -0.05) is 42.5 Å². The van der Waals surface area contributed by atoms with Crippen LogP contribution in [0.15, 0.2) is 48.5 Å². The second-order valence-electron chi connectivity index (χ2n) is 7.60. The number of amides is 2. The van der Waals surface area contributed by atoms with Gasteiger partial charge in [0.15, 0.2) is 0 Å². The van der Waals surface area contributed by atoms with E-state index in [1.54, 1.807) is 42.5 Å². The van der Waals surface area contributed by atoms with Crippen molar-refractivity contribution >= 4 is 11.8 Å². The van der Waals surface area contributed by atoms with Crippen LogP contribution in [0.5, 0.6) is 0 Å². The molecular weight excluding hydrogens is 414 g/mol. The summed E-state index contributed by atoms with van der Waals surface area (Å²) in [6, 6.07) is 11.4. The molecule has 166 valence electrons. The van der Waals surface area contributed by atoms with E-state index in [0.29, 0.717) is 5.56 Å². The number of carbonyl (C=O) groups is 2. The predicted molar refractivity (Wildman–Crippen MR) is 106 cm³/mol. The van der Waals surface area contributed by atoms with E-state index in [-0.39, 0.29) is 25.8 Å². The van der Waals surface area contributed by atoms with Gasteiger partial charge in [0.05, 0.1) is 0 Å². The Kier molecular flexibility index (Phi) is 6.94. The first-order valence-electron chi connectivity index (χ1n) is 9.83. The summed E-state index contributed by atoms with van der Waals surface area (Å²) in [5.74, 6) is -1.77. The molecule has 1 heterocycles. The molecule has 0 bridgehead atoms. The van der Waals surface area contributed by atoms with Crippen molar-refractivity contribution < 1.29 is 27.2 Å². The Balaban J connectivity index is 1.74. The minimum Gasteiger partial charge on any atom is -0.345 e. The first-order chi connectivity index (χ1) is 14.6. The summed E-state index contributed by atoms with van der Waals surface area (Å²) in [4.78, 5) is 26.7. The van der Waals surface area contributed by atoms with E-state index < -0.39 is 42.4 Å². The van der Waals surface area contributed by atoms with Gasteiger partial charge in [-0.15, -0.1) is 0 Å². The van der Waals surface area contributed by atoms with Crippen LogP contribution in [0.2, 0.25) is 0 Å². The summed E-state index contributed by atoms with van der Waals surface area (Å²) in [5, 5.41) is 1.87. The standard InChI is InChI=1S/C22H23F4N3O2/c23-18-8-4-3-6-15(18)9-17(27)11-20(30)29-12-16-7-2-1-5-14(16)10-19(29)21(31)28-13-22(24,25)26/h1-8,17,19H,9-13,27H2,(H,28,31)/t17-,19+/m1/s1. The van der Waals surface area contributed by atoms with E-state index in [1.165, 1.54) is 11.0 Å². The van der Waals surface area contributed by atoms with Crippen molar-refractivity contribution in [2.75, 3.05) is 6.54 Å². The highest BCUT2D eigenvalue weighted by molar-refractivity contribution is 5.88. The van der Waals surface area contributed by atoms with Crippen molar-refractivity contribution in [2.24, 2.45) is 5.73 Å². The lowest BCUT2D eigenvalue weighted by Gasteiger charge is -2.36. The van der Waals surface area contributed by atoms with E-state index in [4.69, 9.17) is 5.73 Å². The highest BCUT2D eigenvalue weighted by Crippen LogP contribution is 2.25. The first-order valence-corrected chi connectivity index (χ1v) is 9.83. The van der Waals surface area contributed by atoms with Crippen LogP contribution in [0, 0.1) is 5.82 Å². The molecule has 0 saturated heterocycles. The summed E-state index contributed by atoms with van der Waals surface area (Å²) in [6.07, 6.45) is -4.50. The zero-order valence-corrected chi connectivity index (χ0v) is 16.7. The number of nitrogens with one attached hydrogen (secondary N) is 1. The molecular formula is C22H23F4N3O2. The normalized spacial score (nSPS) is 17.1. The molecule has 0 unspecified atom stereocenters. The molecule has 2 aromatic carbocycles. The van der Waals surface area contributed by atoms with Gasteiger partial charge in [-0.3, -0.25) is 9.59 Å².